The average molecular weight is 243 g/mol. The molecule has 1 aromatic rings. The van der Waals surface area contributed by atoms with E-state index in [9.17, 15) is 0 Å². The number of hydrogen-bond donors (Lipinski definition) is 1. The molecule has 0 heterocycles. The highest BCUT2D eigenvalue weighted by molar-refractivity contribution is 6.02. The summed E-state index contributed by atoms with van der Waals surface area (Å²) in [6, 6.07) is 8.51. The molecule has 96 valence electrons. The normalized spacial score (nSPS) is 27.1. The molecule has 0 aromatic heterocycles. The third-order valence-corrected chi connectivity index (χ3v) is 4.70. The number of hydrogen-bond acceptors (Lipinski definition) is 2. The van der Waals surface area contributed by atoms with Gasteiger partial charge in [-0.25, -0.2) is 0 Å². The van der Waals surface area contributed by atoms with Gasteiger partial charge in [0.05, 0.1) is 5.71 Å². The summed E-state index contributed by atoms with van der Waals surface area (Å²) in [6.07, 6.45) is 9.04. The fourth-order valence-electron chi connectivity index (χ4n) is 3.80. The number of rotatable bonds is 1. The molecule has 1 atom stereocenters. The van der Waals surface area contributed by atoms with Crippen molar-refractivity contribution in [1.29, 1.82) is 0 Å². The number of oxime groups is 1. The smallest absolute Gasteiger partial charge is 0.0870 e. The fraction of sp³-hybridized carbons (Fsp3) is 0.562. The lowest BCUT2D eigenvalue weighted by molar-refractivity contribution is 0.289. The highest BCUT2D eigenvalue weighted by Crippen LogP contribution is 2.42. The van der Waals surface area contributed by atoms with Gasteiger partial charge in [-0.3, -0.25) is 0 Å². The van der Waals surface area contributed by atoms with Crippen molar-refractivity contribution < 1.29 is 5.21 Å². The molecule has 3 rings (SSSR count). The molecule has 0 radical (unpaired) electrons. The van der Waals surface area contributed by atoms with Crippen LogP contribution < -0.4 is 0 Å². The van der Waals surface area contributed by atoms with E-state index < -0.39 is 0 Å². The minimum Gasteiger partial charge on any atom is -0.411 e. The van der Waals surface area contributed by atoms with Crippen LogP contribution in [0.1, 0.15) is 62.0 Å². The molecule has 0 aliphatic heterocycles. The van der Waals surface area contributed by atoms with E-state index in [-0.39, 0.29) is 0 Å². The summed E-state index contributed by atoms with van der Waals surface area (Å²) in [5.41, 5.74) is 3.47. The minimum atomic E-state index is 0.687. The summed E-state index contributed by atoms with van der Waals surface area (Å²) in [5.74, 6) is 1.53. The zero-order chi connectivity index (χ0) is 12.4. The monoisotopic (exact) mass is 243 g/mol. The van der Waals surface area contributed by atoms with Crippen molar-refractivity contribution in [2.75, 3.05) is 0 Å². The lowest BCUT2D eigenvalue weighted by Crippen LogP contribution is -2.24. The van der Waals surface area contributed by atoms with Gasteiger partial charge < -0.3 is 5.21 Å². The summed E-state index contributed by atoms with van der Waals surface area (Å²) in [5, 5.41) is 12.6. The number of benzene rings is 1. The topological polar surface area (TPSA) is 32.6 Å². The second-order valence-electron chi connectivity index (χ2n) is 5.68. The first-order valence-corrected chi connectivity index (χ1v) is 7.20. The standard InChI is InChI=1S/C16H21NO/c18-17-16-11-10-13(12-6-2-1-3-7-12)14-8-4-5-9-15(14)16/h4-5,8-9,12-13,18H,1-3,6-7,10-11H2/b17-16-/t13-/m0/s1. The van der Waals surface area contributed by atoms with Crippen LogP contribution in [0, 0.1) is 5.92 Å². The number of fused-ring (bicyclic) bond motifs is 1. The molecule has 18 heavy (non-hydrogen) atoms. The Hall–Kier alpha value is -1.31. The highest BCUT2D eigenvalue weighted by atomic mass is 16.4. The lowest BCUT2D eigenvalue weighted by atomic mass is 9.70. The summed E-state index contributed by atoms with van der Waals surface area (Å²) in [6.45, 7) is 0. The molecule has 0 spiro atoms. The minimum absolute atomic E-state index is 0.687. The molecule has 2 nitrogen and oxygen atoms in total. The summed E-state index contributed by atoms with van der Waals surface area (Å²) in [7, 11) is 0. The van der Waals surface area contributed by atoms with Gasteiger partial charge in [0, 0.05) is 5.56 Å². The average Bonchev–Trinajstić information content (AvgIpc) is 2.47. The molecular weight excluding hydrogens is 222 g/mol. The Morgan fingerprint density at radius 2 is 1.78 bits per heavy atom. The van der Waals surface area contributed by atoms with Crippen molar-refractivity contribution in [2.24, 2.45) is 11.1 Å². The predicted octanol–water partition coefficient (Wildman–Crippen LogP) is 4.32. The van der Waals surface area contributed by atoms with Crippen LogP contribution in [0.15, 0.2) is 29.4 Å². The molecular formula is C16H21NO. The van der Waals surface area contributed by atoms with Crippen molar-refractivity contribution in [1.82, 2.24) is 0 Å². The third kappa shape index (κ3) is 2.05. The van der Waals surface area contributed by atoms with Crippen LogP contribution in [-0.4, -0.2) is 10.9 Å². The van der Waals surface area contributed by atoms with E-state index in [1.54, 1.807) is 0 Å². The Balaban J connectivity index is 1.93. The van der Waals surface area contributed by atoms with Gasteiger partial charge in [-0.15, -0.1) is 0 Å². The molecule has 2 heteroatoms. The van der Waals surface area contributed by atoms with Crippen LogP contribution in [0.25, 0.3) is 0 Å². The van der Waals surface area contributed by atoms with E-state index in [1.165, 1.54) is 43.2 Å². The van der Waals surface area contributed by atoms with Gasteiger partial charge in [-0.05, 0) is 43.1 Å². The SMILES string of the molecule is O/N=C1/CC[C@@H](C2CCCCC2)c2ccccc21. The largest absolute Gasteiger partial charge is 0.411 e. The van der Waals surface area contributed by atoms with Crippen molar-refractivity contribution in [3.8, 4) is 0 Å². The molecule has 1 fully saturated rings. The Morgan fingerprint density at radius 1 is 1.00 bits per heavy atom. The van der Waals surface area contributed by atoms with Crippen LogP contribution in [0.5, 0.6) is 0 Å². The zero-order valence-electron chi connectivity index (χ0n) is 10.8. The first kappa shape index (κ1) is 11.8. The number of nitrogens with zero attached hydrogens (tertiary/aromatic N) is 1. The van der Waals surface area contributed by atoms with Crippen LogP contribution in [0.3, 0.4) is 0 Å². The summed E-state index contributed by atoms with van der Waals surface area (Å²) in [4.78, 5) is 0. The van der Waals surface area contributed by atoms with Crippen molar-refractivity contribution in [3.05, 3.63) is 35.4 Å². The Labute approximate surface area is 109 Å². The quantitative estimate of drug-likeness (QED) is 0.578. The molecule has 0 amide bonds. The third-order valence-electron chi connectivity index (χ3n) is 4.70. The maximum Gasteiger partial charge on any atom is 0.0870 e. The summed E-state index contributed by atoms with van der Waals surface area (Å²) >= 11 is 0. The summed E-state index contributed by atoms with van der Waals surface area (Å²) < 4.78 is 0. The van der Waals surface area contributed by atoms with Gasteiger partial charge in [-0.2, -0.15) is 0 Å². The molecule has 2 aliphatic carbocycles. The highest BCUT2D eigenvalue weighted by Gasteiger charge is 2.31. The Kier molecular flexibility index (Phi) is 3.35. The van der Waals surface area contributed by atoms with Gasteiger partial charge in [0.25, 0.3) is 0 Å². The van der Waals surface area contributed by atoms with E-state index >= 15 is 0 Å². The molecule has 1 N–H and O–H groups in total. The van der Waals surface area contributed by atoms with Crippen LogP contribution in [0.2, 0.25) is 0 Å². The van der Waals surface area contributed by atoms with E-state index in [0.29, 0.717) is 5.92 Å². The first-order chi connectivity index (χ1) is 8.90. The second-order valence-corrected chi connectivity index (χ2v) is 5.68. The van der Waals surface area contributed by atoms with E-state index in [1.807, 2.05) is 6.07 Å². The van der Waals surface area contributed by atoms with Crippen molar-refractivity contribution >= 4 is 5.71 Å². The Bertz CT molecular complexity index is 446. The first-order valence-electron chi connectivity index (χ1n) is 7.20. The van der Waals surface area contributed by atoms with Gasteiger partial charge in [0.1, 0.15) is 0 Å². The molecule has 0 bridgehead atoms. The van der Waals surface area contributed by atoms with Gasteiger partial charge in [0.2, 0.25) is 0 Å². The maximum atomic E-state index is 9.12. The van der Waals surface area contributed by atoms with E-state index in [4.69, 9.17) is 5.21 Å². The molecule has 1 aromatic carbocycles. The van der Waals surface area contributed by atoms with Crippen molar-refractivity contribution in [2.45, 2.75) is 50.9 Å². The van der Waals surface area contributed by atoms with Gasteiger partial charge >= 0.3 is 0 Å². The molecule has 0 saturated heterocycles. The van der Waals surface area contributed by atoms with E-state index in [0.717, 1.165) is 24.5 Å². The maximum absolute atomic E-state index is 9.12. The zero-order valence-corrected chi connectivity index (χ0v) is 10.8. The van der Waals surface area contributed by atoms with Crippen LogP contribution >= 0.6 is 0 Å². The van der Waals surface area contributed by atoms with Crippen molar-refractivity contribution in [3.63, 3.8) is 0 Å². The Morgan fingerprint density at radius 3 is 2.56 bits per heavy atom. The lowest BCUT2D eigenvalue weighted by Gasteiger charge is -2.34. The fourth-order valence-corrected chi connectivity index (χ4v) is 3.80. The molecule has 1 saturated carbocycles. The van der Waals surface area contributed by atoms with Crippen LogP contribution in [-0.2, 0) is 0 Å². The predicted molar refractivity (Wildman–Crippen MR) is 73.3 cm³/mol. The van der Waals surface area contributed by atoms with Gasteiger partial charge in [0.15, 0.2) is 0 Å². The second kappa shape index (κ2) is 5.13. The molecule has 2 aliphatic rings. The van der Waals surface area contributed by atoms with Gasteiger partial charge in [-0.1, -0.05) is 48.7 Å². The van der Waals surface area contributed by atoms with Crippen LogP contribution in [0.4, 0.5) is 0 Å². The molecule has 0 unspecified atom stereocenters. The van der Waals surface area contributed by atoms with E-state index in [2.05, 4.69) is 23.4 Å².